The van der Waals surface area contributed by atoms with Gasteiger partial charge in [0.1, 0.15) is 17.9 Å². The van der Waals surface area contributed by atoms with Gasteiger partial charge in [0.15, 0.2) is 0 Å². The molecule has 0 unspecified atom stereocenters. The van der Waals surface area contributed by atoms with Gasteiger partial charge >= 0.3 is 0 Å². The number of sulfonamides is 1. The molecule has 1 atom stereocenters. The van der Waals surface area contributed by atoms with Crippen molar-refractivity contribution in [3.05, 3.63) is 66.5 Å². The maximum atomic E-state index is 12.8. The van der Waals surface area contributed by atoms with Crippen LogP contribution >= 0.6 is 0 Å². The molecule has 0 spiro atoms. The summed E-state index contributed by atoms with van der Waals surface area (Å²) >= 11 is 0. The molecule has 9 nitrogen and oxygen atoms in total. The summed E-state index contributed by atoms with van der Waals surface area (Å²) in [5.74, 6) is 1.36. The molecule has 3 aromatic rings. The molecule has 0 radical (unpaired) electrons. The third-order valence-electron chi connectivity index (χ3n) is 5.87. The van der Waals surface area contributed by atoms with Crippen LogP contribution in [0, 0.1) is 5.92 Å². The van der Waals surface area contributed by atoms with Gasteiger partial charge in [-0.15, -0.1) is 0 Å². The van der Waals surface area contributed by atoms with Gasteiger partial charge in [-0.3, -0.25) is 4.79 Å². The number of hydrogen-bond donors (Lipinski definition) is 2. The molecule has 0 bridgehead atoms. The first kappa shape index (κ1) is 23.7. The Balaban J connectivity index is 1.38. The number of benzene rings is 2. The fourth-order valence-corrected chi connectivity index (χ4v) is 4.48. The highest BCUT2D eigenvalue weighted by molar-refractivity contribution is 7.89. The van der Waals surface area contributed by atoms with Crippen LogP contribution in [0.5, 0.6) is 5.75 Å². The molecule has 1 aliphatic heterocycles. The van der Waals surface area contributed by atoms with Crippen molar-refractivity contribution >= 4 is 21.7 Å². The molecule has 3 N–H and O–H groups in total. The highest BCUT2D eigenvalue weighted by Gasteiger charge is 2.26. The van der Waals surface area contributed by atoms with Crippen molar-refractivity contribution in [3.63, 3.8) is 0 Å². The summed E-state index contributed by atoms with van der Waals surface area (Å²) in [7, 11) is -2.10. The molecule has 1 aliphatic rings. The van der Waals surface area contributed by atoms with Gasteiger partial charge < -0.3 is 15.0 Å². The van der Waals surface area contributed by atoms with Crippen molar-refractivity contribution in [2.45, 2.75) is 24.3 Å². The number of rotatable bonds is 7. The van der Waals surface area contributed by atoms with Crippen LogP contribution in [0.1, 0.15) is 18.4 Å². The number of ether oxygens (including phenoxy) is 1. The van der Waals surface area contributed by atoms with Crippen LogP contribution < -0.4 is 20.1 Å². The molecule has 1 aromatic heterocycles. The van der Waals surface area contributed by atoms with E-state index in [-0.39, 0.29) is 16.7 Å². The maximum Gasteiger partial charge on any atom is 0.238 e. The van der Waals surface area contributed by atoms with E-state index in [4.69, 9.17) is 9.88 Å². The van der Waals surface area contributed by atoms with Gasteiger partial charge in [0.05, 0.1) is 23.6 Å². The second-order valence-electron chi connectivity index (χ2n) is 8.18. The van der Waals surface area contributed by atoms with Crippen LogP contribution in [0.25, 0.3) is 11.3 Å². The van der Waals surface area contributed by atoms with Gasteiger partial charge in [-0.2, -0.15) is 0 Å². The van der Waals surface area contributed by atoms with Crippen molar-refractivity contribution in [1.29, 1.82) is 0 Å². The Kier molecular flexibility index (Phi) is 7.09. The van der Waals surface area contributed by atoms with Crippen molar-refractivity contribution in [1.82, 2.24) is 15.3 Å². The molecule has 0 saturated carbocycles. The summed E-state index contributed by atoms with van der Waals surface area (Å²) in [4.78, 5) is 23.8. The van der Waals surface area contributed by atoms with Crippen LogP contribution in [0.3, 0.4) is 0 Å². The minimum absolute atomic E-state index is 0.0374. The van der Waals surface area contributed by atoms with Gasteiger partial charge in [-0.05, 0) is 54.8 Å². The zero-order valence-corrected chi connectivity index (χ0v) is 19.7. The lowest BCUT2D eigenvalue weighted by Crippen LogP contribution is -2.43. The number of methoxy groups -OCH3 is 1. The molecular formula is C24H27N5O4S. The predicted molar refractivity (Wildman–Crippen MR) is 129 cm³/mol. The molecule has 1 saturated heterocycles. The topological polar surface area (TPSA) is 128 Å². The van der Waals surface area contributed by atoms with Crippen molar-refractivity contribution < 1.29 is 17.9 Å². The lowest BCUT2D eigenvalue weighted by atomic mass is 9.97. The number of nitrogens with one attached hydrogen (secondary N) is 1. The second-order valence-corrected chi connectivity index (χ2v) is 9.74. The molecule has 2 aromatic carbocycles. The fraction of sp³-hybridized carbons (Fsp3) is 0.292. The Labute approximate surface area is 199 Å². The van der Waals surface area contributed by atoms with Crippen LogP contribution in [0.2, 0.25) is 0 Å². The highest BCUT2D eigenvalue weighted by Crippen LogP contribution is 2.26. The molecule has 2 heterocycles. The van der Waals surface area contributed by atoms with Crippen molar-refractivity contribution in [3.8, 4) is 17.0 Å². The van der Waals surface area contributed by atoms with Crippen LogP contribution in [0.4, 0.5) is 5.82 Å². The molecular weight excluding hydrogens is 454 g/mol. The Morgan fingerprint density at radius 3 is 2.56 bits per heavy atom. The third kappa shape index (κ3) is 5.70. The van der Waals surface area contributed by atoms with E-state index >= 15 is 0 Å². The van der Waals surface area contributed by atoms with E-state index in [0.29, 0.717) is 13.1 Å². The molecule has 1 fully saturated rings. The standard InChI is InChI=1S/C24H27N5O4S/c1-33-20-8-6-18(7-9-20)22-13-23(28-16-27-22)29-12-2-3-19(15-29)24(30)26-14-17-4-10-21(11-5-17)34(25,31)32/h4-11,13,16,19H,2-3,12,14-15H2,1H3,(H,26,30)(H2,25,31,32)/t19-/m0/s1. The van der Waals surface area contributed by atoms with Gasteiger partial charge in [0.25, 0.3) is 0 Å². The first-order valence-corrected chi connectivity index (χ1v) is 12.5. The number of amides is 1. The number of nitrogens with two attached hydrogens (primary N) is 1. The largest absolute Gasteiger partial charge is 0.497 e. The predicted octanol–water partition coefficient (Wildman–Crippen LogP) is 2.33. The summed E-state index contributed by atoms with van der Waals surface area (Å²) in [6, 6.07) is 15.8. The number of nitrogens with zero attached hydrogens (tertiary/aromatic N) is 3. The van der Waals surface area contributed by atoms with Crippen LogP contribution in [-0.4, -0.2) is 44.5 Å². The summed E-state index contributed by atoms with van der Waals surface area (Å²) < 4.78 is 28.0. The van der Waals surface area contributed by atoms with E-state index < -0.39 is 10.0 Å². The van der Waals surface area contributed by atoms with E-state index in [1.165, 1.54) is 12.1 Å². The lowest BCUT2D eigenvalue weighted by molar-refractivity contribution is -0.125. The summed E-state index contributed by atoms with van der Waals surface area (Å²) in [6.45, 7) is 1.70. The van der Waals surface area contributed by atoms with Gasteiger partial charge in [0.2, 0.25) is 15.9 Å². The van der Waals surface area contributed by atoms with Crippen molar-refractivity contribution in [2.75, 3.05) is 25.1 Å². The van der Waals surface area contributed by atoms with Gasteiger partial charge in [-0.25, -0.2) is 23.5 Å². The zero-order valence-electron chi connectivity index (χ0n) is 18.8. The number of aromatic nitrogens is 2. The molecule has 0 aliphatic carbocycles. The van der Waals surface area contributed by atoms with E-state index in [2.05, 4.69) is 20.2 Å². The van der Waals surface area contributed by atoms with E-state index in [1.54, 1.807) is 25.6 Å². The van der Waals surface area contributed by atoms with Gasteiger partial charge in [-0.1, -0.05) is 12.1 Å². The molecule has 34 heavy (non-hydrogen) atoms. The first-order valence-electron chi connectivity index (χ1n) is 10.9. The molecule has 4 rings (SSSR count). The minimum atomic E-state index is -3.73. The highest BCUT2D eigenvalue weighted by atomic mass is 32.2. The van der Waals surface area contributed by atoms with Crippen LogP contribution in [-0.2, 0) is 21.4 Å². The summed E-state index contributed by atoms with van der Waals surface area (Å²) in [6.07, 6.45) is 3.22. The number of anilines is 1. The Morgan fingerprint density at radius 1 is 1.15 bits per heavy atom. The van der Waals surface area contributed by atoms with Gasteiger partial charge in [0, 0.05) is 31.3 Å². The van der Waals surface area contributed by atoms with E-state index in [1.807, 2.05) is 30.3 Å². The first-order chi connectivity index (χ1) is 16.3. The molecule has 1 amide bonds. The monoisotopic (exact) mass is 481 g/mol. The smallest absolute Gasteiger partial charge is 0.238 e. The Morgan fingerprint density at radius 2 is 1.88 bits per heavy atom. The fourth-order valence-electron chi connectivity index (χ4n) is 3.97. The average Bonchev–Trinajstić information content (AvgIpc) is 2.87. The quantitative estimate of drug-likeness (QED) is 0.530. The maximum absolute atomic E-state index is 12.8. The number of primary sulfonamides is 1. The third-order valence-corrected chi connectivity index (χ3v) is 6.80. The summed E-state index contributed by atoms with van der Waals surface area (Å²) in [5, 5.41) is 8.08. The number of carbonyl (C=O) groups is 1. The van der Waals surface area contributed by atoms with Crippen molar-refractivity contribution in [2.24, 2.45) is 11.1 Å². The number of carbonyl (C=O) groups excluding carboxylic acids is 1. The summed E-state index contributed by atoms with van der Waals surface area (Å²) in [5.41, 5.74) is 2.57. The second kappa shape index (κ2) is 10.2. The molecule has 10 heteroatoms. The Hall–Kier alpha value is -3.50. The van der Waals surface area contributed by atoms with E-state index in [9.17, 15) is 13.2 Å². The molecule has 178 valence electrons. The normalized spacial score (nSPS) is 16.2. The zero-order chi connectivity index (χ0) is 24.1. The Bertz CT molecular complexity index is 1250. The van der Waals surface area contributed by atoms with E-state index in [0.717, 1.165) is 47.8 Å². The number of hydrogen-bond acceptors (Lipinski definition) is 7. The minimum Gasteiger partial charge on any atom is -0.497 e. The SMILES string of the molecule is COc1ccc(-c2cc(N3CCC[C@H](C(=O)NCc4ccc(S(N)(=O)=O)cc4)C3)ncn2)cc1. The number of piperidine rings is 1. The lowest BCUT2D eigenvalue weighted by Gasteiger charge is -2.33. The van der Waals surface area contributed by atoms with Crippen LogP contribution in [0.15, 0.2) is 65.8 Å². The average molecular weight is 482 g/mol.